The van der Waals surface area contributed by atoms with E-state index in [-0.39, 0.29) is 11.8 Å². The van der Waals surface area contributed by atoms with Gasteiger partial charge >= 0.3 is 0 Å². The molecule has 1 aromatic carbocycles. The maximum Gasteiger partial charge on any atom is 0.263 e. The molecule has 1 fully saturated rings. The fourth-order valence-electron chi connectivity index (χ4n) is 3.63. The van der Waals surface area contributed by atoms with E-state index in [0.717, 1.165) is 25.9 Å². The van der Waals surface area contributed by atoms with E-state index in [0.29, 0.717) is 29.3 Å². The lowest BCUT2D eigenvalue weighted by Crippen LogP contribution is -2.41. The first kappa shape index (κ1) is 16.7. The van der Waals surface area contributed by atoms with Crippen LogP contribution >= 0.6 is 0 Å². The van der Waals surface area contributed by atoms with Crippen LogP contribution in [-0.4, -0.2) is 53.4 Å². The zero-order valence-corrected chi connectivity index (χ0v) is 14.8. The van der Waals surface area contributed by atoms with Crippen LogP contribution in [0.4, 0.5) is 17.2 Å². The summed E-state index contributed by atoms with van der Waals surface area (Å²) in [5.41, 5.74) is 1.68. The van der Waals surface area contributed by atoms with Crippen LogP contribution in [0.2, 0.25) is 0 Å². The minimum atomic E-state index is -0.221. The molecule has 7 nitrogen and oxygen atoms in total. The Kier molecular flexibility index (Phi) is 4.38. The van der Waals surface area contributed by atoms with Crippen LogP contribution in [0.3, 0.4) is 0 Å². The molecule has 2 aliphatic rings. The van der Waals surface area contributed by atoms with Crippen molar-refractivity contribution in [2.45, 2.75) is 19.3 Å². The van der Waals surface area contributed by atoms with Crippen LogP contribution in [0.25, 0.3) is 0 Å². The second kappa shape index (κ2) is 6.84. The van der Waals surface area contributed by atoms with Crippen molar-refractivity contribution in [1.29, 1.82) is 0 Å². The normalized spacial score (nSPS) is 17.5. The number of carbonyl (C=O) groups is 2. The lowest BCUT2D eigenvalue weighted by Gasteiger charge is -2.29. The van der Waals surface area contributed by atoms with E-state index in [9.17, 15) is 9.59 Å². The topological polar surface area (TPSA) is 69.6 Å². The van der Waals surface area contributed by atoms with Gasteiger partial charge in [0, 0.05) is 13.2 Å². The molecule has 1 aromatic heterocycles. The van der Waals surface area contributed by atoms with Crippen molar-refractivity contribution in [3.8, 4) is 0 Å². The van der Waals surface area contributed by atoms with Gasteiger partial charge in [0.05, 0.1) is 17.9 Å². The highest BCUT2D eigenvalue weighted by Crippen LogP contribution is 2.38. The monoisotopic (exact) mass is 351 g/mol. The number of benzene rings is 1. The summed E-state index contributed by atoms with van der Waals surface area (Å²) in [6.45, 7) is 2.17. The van der Waals surface area contributed by atoms with Crippen molar-refractivity contribution in [3.05, 3.63) is 42.4 Å². The molecule has 0 bridgehead atoms. The zero-order valence-electron chi connectivity index (χ0n) is 14.8. The number of fused-ring (bicyclic) bond motifs is 2. The number of nitrogens with zero attached hydrogens (tertiary/aromatic N) is 5. The Hall–Kier alpha value is -2.80. The van der Waals surface area contributed by atoms with Crippen molar-refractivity contribution in [2.24, 2.45) is 0 Å². The fourth-order valence-corrected chi connectivity index (χ4v) is 3.63. The lowest BCUT2D eigenvalue weighted by atomic mass is 10.1. The maximum atomic E-state index is 13.3. The summed E-state index contributed by atoms with van der Waals surface area (Å²) < 4.78 is 0. The Morgan fingerprint density at radius 2 is 1.85 bits per heavy atom. The van der Waals surface area contributed by atoms with Gasteiger partial charge in [0.15, 0.2) is 5.82 Å². The second-order valence-corrected chi connectivity index (χ2v) is 6.68. The number of hydrogen-bond donors (Lipinski definition) is 0. The van der Waals surface area contributed by atoms with Crippen LogP contribution < -0.4 is 9.80 Å². The molecule has 0 atom stereocenters. The first-order chi connectivity index (χ1) is 12.7. The van der Waals surface area contributed by atoms with Gasteiger partial charge in [-0.05, 0) is 38.1 Å². The molecule has 0 N–H and O–H groups in total. The molecular formula is C19H21N5O2. The standard InChI is InChI=1S/C19H21N5O2/c1-22-15-7-3-4-8-16(15)24(17(25)12-23-9-5-2-6-10-23)18-14(19(22)26)11-20-13-21-18/h3-4,7-8,11,13H,2,5-6,9-10,12H2,1H3. The summed E-state index contributed by atoms with van der Waals surface area (Å²) in [5, 5.41) is 0. The molecule has 0 unspecified atom stereocenters. The number of aromatic nitrogens is 2. The molecule has 3 heterocycles. The molecule has 0 saturated carbocycles. The number of hydrogen-bond acceptors (Lipinski definition) is 5. The van der Waals surface area contributed by atoms with E-state index >= 15 is 0 Å². The number of rotatable bonds is 2. The fraction of sp³-hybridized carbons (Fsp3) is 0.368. The van der Waals surface area contributed by atoms with E-state index in [2.05, 4.69) is 14.9 Å². The molecule has 4 rings (SSSR count). The van der Waals surface area contributed by atoms with Gasteiger partial charge in [-0.25, -0.2) is 9.97 Å². The van der Waals surface area contributed by atoms with Gasteiger partial charge in [-0.1, -0.05) is 18.6 Å². The van der Waals surface area contributed by atoms with Gasteiger partial charge in [0.25, 0.3) is 5.91 Å². The summed E-state index contributed by atoms with van der Waals surface area (Å²) in [6, 6.07) is 7.42. The summed E-state index contributed by atoms with van der Waals surface area (Å²) in [6.07, 6.45) is 6.30. The minimum Gasteiger partial charge on any atom is -0.309 e. The van der Waals surface area contributed by atoms with Crippen molar-refractivity contribution in [2.75, 3.05) is 36.5 Å². The maximum absolute atomic E-state index is 13.3. The average molecular weight is 351 g/mol. The first-order valence-electron chi connectivity index (χ1n) is 8.89. The van der Waals surface area contributed by atoms with E-state index < -0.39 is 0 Å². The van der Waals surface area contributed by atoms with E-state index in [1.807, 2.05) is 24.3 Å². The smallest absolute Gasteiger partial charge is 0.263 e. The average Bonchev–Trinajstić information content (AvgIpc) is 2.77. The summed E-state index contributed by atoms with van der Waals surface area (Å²) in [7, 11) is 1.70. The Labute approximate surface area is 152 Å². The minimum absolute atomic E-state index is 0.0811. The van der Waals surface area contributed by atoms with Crippen LogP contribution in [0, 0.1) is 0 Å². The van der Waals surface area contributed by atoms with E-state index in [1.165, 1.54) is 18.9 Å². The van der Waals surface area contributed by atoms with Gasteiger partial charge in [0.2, 0.25) is 5.91 Å². The molecule has 2 aliphatic heterocycles. The van der Waals surface area contributed by atoms with E-state index in [1.54, 1.807) is 16.8 Å². The molecule has 2 amide bonds. The Balaban J connectivity index is 1.79. The highest BCUT2D eigenvalue weighted by atomic mass is 16.2. The number of anilines is 3. The molecule has 134 valence electrons. The number of carbonyl (C=O) groups excluding carboxylic acids is 2. The highest BCUT2D eigenvalue weighted by molar-refractivity contribution is 6.17. The van der Waals surface area contributed by atoms with Crippen molar-refractivity contribution in [3.63, 3.8) is 0 Å². The molecule has 0 aliphatic carbocycles. The number of piperidine rings is 1. The number of para-hydroxylation sites is 2. The zero-order chi connectivity index (χ0) is 18.1. The number of amides is 2. The van der Waals surface area contributed by atoms with Gasteiger partial charge in [-0.2, -0.15) is 0 Å². The molecule has 1 saturated heterocycles. The third-order valence-electron chi connectivity index (χ3n) is 4.98. The number of likely N-dealkylation sites (tertiary alicyclic amines) is 1. The van der Waals surface area contributed by atoms with Crippen LogP contribution in [0.15, 0.2) is 36.8 Å². The van der Waals surface area contributed by atoms with Gasteiger partial charge in [-0.15, -0.1) is 0 Å². The van der Waals surface area contributed by atoms with Gasteiger partial charge in [0.1, 0.15) is 11.9 Å². The summed E-state index contributed by atoms with van der Waals surface area (Å²) in [5.74, 6) is 0.0486. The largest absolute Gasteiger partial charge is 0.309 e. The summed E-state index contributed by atoms with van der Waals surface area (Å²) in [4.78, 5) is 39.7. The van der Waals surface area contributed by atoms with Crippen molar-refractivity contribution < 1.29 is 9.59 Å². The predicted molar refractivity (Wildman–Crippen MR) is 98.6 cm³/mol. The second-order valence-electron chi connectivity index (χ2n) is 6.68. The Bertz CT molecular complexity index is 847. The van der Waals surface area contributed by atoms with Crippen molar-refractivity contribution in [1.82, 2.24) is 14.9 Å². The molecular weight excluding hydrogens is 330 g/mol. The third-order valence-corrected chi connectivity index (χ3v) is 4.98. The Morgan fingerprint density at radius 3 is 2.62 bits per heavy atom. The molecule has 0 spiro atoms. The Morgan fingerprint density at radius 1 is 1.12 bits per heavy atom. The third kappa shape index (κ3) is 2.84. The van der Waals surface area contributed by atoms with E-state index in [4.69, 9.17) is 0 Å². The molecule has 26 heavy (non-hydrogen) atoms. The highest BCUT2D eigenvalue weighted by Gasteiger charge is 2.34. The van der Waals surface area contributed by atoms with Gasteiger partial charge in [-0.3, -0.25) is 19.4 Å². The quantitative estimate of drug-likeness (QED) is 0.830. The summed E-state index contributed by atoms with van der Waals surface area (Å²) >= 11 is 0. The van der Waals surface area contributed by atoms with Crippen LogP contribution in [0.1, 0.15) is 29.6 Å². The predicted octanol–water partition coefficient (Wildman–Crippen LogP) is 2.22. The first-order valence-corrected chi connectivity index (χ1v) is 8.89. The SMILES string of the molecule is CN1C(=O)c2cncnc2N(C(=O)CN2CCCCC2)c2ccccc21. The molecule has 0 radical (unpaired) electrons. The molecule has 2 aromatic rings. The molecule has 7 heteroatoms. The van der Waals surface area contributed by atoms with Crippen LogP contribution in [0.5, 0.6) is 0 Å². The van der Waals surface area contributed by atoms with Crippen LogP contribution in [-0.2, 0) is 4.79 Å². The lowest BCUT2D eigenvalue weighted by molar-refractivity contribution is -0.119. The van der Waals surface area contributed by atoms with Crippen molar-refractivity contribution >= 4 is 29.0 Å². The van der Waals surface area contributed by atoms with Gasteiger partial charge < -0.3 is 4.90 Å².